The average Bonchev–Trinajstić information content (AvgIpc) is 2.94. The van der Waals surface area contributed by atoms with Crippen LogP contribution < -0.4 is 0 Å². The second-order valence-corrected chi connectivity index (χ2v) is 10.6. The van der Waals surface area contributed by atoms with Gasteiger partial charge in [0.05, 0.1) is 12.1 Å². The summed E-state index contributed by atoms with van der Waals surface area (Å²) in [6.45, 7) is 10.6. The van der Waals surface area contributed by atoms with Crippen molar-refractivity contribution in [1.29, 1.82) is 0 Å². The molecule has 0 spiro atoms. The fourth-order valence-corrected chi connectivity index (χ4v) is 8.65. The number of aliphatic imine (C=N–C) groups is 1. The quantitative estimate of drug-likeness (QED) is 0.463. The number of nitrogens with zero attached hydrogens (tertiary/aromatic N) is 1. The second kappa shape index (κ2) is 7.30. The molecule has 4 fully saturated rings. The number of ether oxygens (including phenoxy) is 1. The smallest absolute Gasteiger partial charge is 0.235 e. The molecule has 0 aromatic carbocycles. The zero-order valence-electron chi connectivity index (χ0n) is 17.9. The van der Waals surface area contributed by atoms with Gasteiger partial charge in [-0.1, -0.05) is 27.2 Å². The summed E-state index contributed by atoms with van der Waals surface area (Å²) in [5.41, 5.74) is 0.947. The van der Waals surface area contributed by atoms with Crippen molar-refractivity contribution in [1.82, 2.24) is 0 Å². The number of hydrogen-bond acceptors (Lipinski definition) is 3. The minimum atomic E-state index is 0.240. The third kappa shape index (κ3) is 2.96. The number of isocyanates is 1. The Labute approximate surface area is 165 Å². The van der Waals surface area contributed by atoms with Crippen LogP contribution in [0.25, 0.3) is 0 Å². The maximum atomic E-state index is 10.7. The van der Waals surface area contributed by atoms with Gasteiger partial charge in [-0.05, 0) is 98.7 Å². The molecule has 0 aromatic rings. The molecule has 4 aliphatic carbocycles. The summed E-state index contributed by atoms with van der Waals surface area (Å²) >= 11 is 0. The Kier molecular flexibility index (Phi) is 5.31. The lowest BCUT2D eigenvalue weighted by molar-refractivity contribution is -0.113. The summed E-state index contributed by atoms with van der Waals surface area (Å²) in [6.07, 6.45) is 13.9. The monoisotopic (exact) mass is 373 g/mol. The minimum Gasteiger partial charge on any atom is -0.378 e. The van der Waals surface area contributed by atoms with Crippen molar-refractivity contribution < 1.29 is 9.53 Å². The highest BCUT2D eigenvalue weighted by molar-refractivity contribution is 5.33. The first-order valence-electron chi connectivity index (χ1n) is 11.7. The van der Waals surface area contributed by atoms with E-state index in [1.807, 2.05) is 6.08 Å². The molecule has 27 heavy (non-hydrogen) atoms. The summed E-state index contributed by atoms with van der Waals surface area (Å²) in [5, 5.41) is 0. The standard InChI is InChI=1S/C24H39NO2/c1-5-19-22(27-6-2)14-21-18-8-7-16-13-17(25-15-26)9-11-23(16,3)20(18)10-12-24(19,21)4/h16-22H,5-14H2,1-4H3. The van der Waals surface area contributed by atoms with Crippen LogP contribution in [-0.4, -0.2) is 24.8 Å². The highest BCUT2D eigenvalue weighted by Crippen LogP contribution is 2.68. The van der Waals surface area contributed by atoms with Crippen molar-refractivity contribution in [2.75, 3.05) is 6.61 Å². The van der Waals surface area contributed by atoms with Crippen LogP contribution in [0.3, 0.4) is 0 Å². The molecular weight excluding hydrogens is 334 g/mol. The molecule has 0 bridgehead atoms. The van der Waals surface area contributed by atoms with Crippen LogP contribution in [0, 0.1) is 40.4 Å². The largest absolute Gasteiger partial charge is 0.378 e. The Morgan fingerprint density at radius 2 is 1.78 bits per heavy atom. The van der Waals surface area contributed by atoms with Gasteiger partial charge in [-0.2, -0.15) is 0 Å². The van der Waals surface area contributed by atoms with E-state index >= 15 is 0 Å². The maximum absolute atomic E-state index is 10.7. The van der Waals surface area contributed by atoms with E-state index in [-0.39, 0.29) is 6.04 Å². The van der Waals surface area contributed by atoms with Crippen molar-refractivity contribution in [2.24, 2.45) is 45.4 Å². The molecule has 152 valence electrons. The van der Waals surface area contributed by atoms with Crippen LogP contribution in [0.5, 0.6) is 0 Å². The van der Waals surface area contributed by atoms with Crippen molar-refractivity contribution in [2.45, 2.75) is 97.6 Å². The SMILES string of the molecule is CCOC1CC2C3CCC4CC(N=C=O)CCC4(C)C3CCC2(C)C1CC. The second-order valence-electron chi connectivity index (χ2n) is 10.6. The molecule has 4 aliphatic rings. The molecule has 3 nitrogen and oxygen atoms in total. The summed E-state index contributed by atoms with van der Waals surface area (Å²) in [5.74, 6) is 4.10. The van der Waals surface area contributed by atoms with Crippen LogP contribution in [0.1, 0.15) is 85.5 Å². The van der Waals surface area contributed by atoms with Gasteiger partial charge in [-0.15, -0.1) is 0 Å². The summed E-state index contributed by atoms with van der Waals surface area (Å²) in [6, 6.07) is 0.240. The molecule has 4 rings (SSSR count). The molecular formula is C24H39NO2. The van der Waals surface area contributed by atoms with E-state index in [0.717, 1.165) is 49.0 Å². The first-order valence-corrected chi connectivity index (χ1v) is 11.7. The number of carbonyl (C=O) groups excluding carboxylic acids is 1. The highest BCUT2D eigenvalue weighted by atomic mass is 16.5. The Balaban J connectivity index is 1.57. The topological polar surface area (TPSA) is 38.7 Å². The van der Waals surface area contributed by atoms with Crippen LogP contribution in [0.2, 0.25) is 0 Å². The number of fused-ring (bicyclic) bond motifs is 5. The molecule has 0 radical (unpaired) electrons. The van der Waals surface area contributed by atoms with Crippen LogP contribution in [-0.2, 0) is 9.53 Å². The minimum absolute atomic E-state index is 0.240. The number of hydrogen-bond donors (Lipinski definition) is 0. The lowest BCUT2D eigenvalue weighted by Crippen LogP contribution is -2.53. The van der Waals surface area contributed by atoms with E-state index in [2.05, 4.69) is 32.7 Å². The molecule has 0 amide bonds. The van der Waals surface area contributed by atoms with E-state index in [9.17, 15) is 4.79 Å². The summed E-state index contributed by atoms with van der Waals surface area (Å²) in [7, 11) is 0. The van der Waals surface area contributed by atoms with Crippen LogP contribution in [0.15, 0.2) is 4.99 Å². The van der Waals surface area contributed by atoms with Crippen molar-refractivity contribution in [3.8, 4) is 0 Å². The van der Waals surface area contributed by atoms with Crippen molar-refractivity contribution >= 4 is 6.08 Å². The van der Waals surface area contributed by atoms with Gasteiger partial charge in [0, 0.05) is 6.61 Å². The average molecular weight is 374 g/mol. The summed E-state index contributed by atoms with van der Waals surface area (Å²) < 4.78 is 6.27. The third-order valence-electron chi connectivity index (χ3n) is 9.91. The van der Waals surface area contributed by atoms with Crippen molar-refractivity contribution in [3.05, 3.63) is 0 Å². The molecule has 0 saturated heterocycles. The fourth-order valence-electron chi connectivity index (χ4n) is 8.65. The van der Waals surface area contributed by atoms with Crippen LogP contribution in [0.4, 0.5) is 0 Å². The normalized spacial score (nSPS) is 51.6. The molecule has 4 saturated carbocycles. The van der Waals surface area contributed by atoms with Gasteiger partial charge in [0.25, 0.3) is 0 Å². The molecule has 9 atom stereocenters. The first kappa shape index (κ1) is 19.6. The first-order chi connectivity index (χ1) is 13.0. The zero-order chi connectivity index (χ0) is 19.2. The third-order valence-corrected chi connectivity index (χ3v) is 9.91. The maximum Gasteiger partial charge on any atom is 0.235 e. The molecule has 9 unspecified atom stereocenters. The predicted octanol–water partition coefficient (Wildman–Crippen LogP) is 5.77. The molecule has 0 aliphatic heterocycles. The van der Waals surface area contributed by atoms with E-state index in [1.54, 1.807) is 0 Å². The zero-order valence-corrected chi connectivity index (χ0v) is 17.9. The fraction of sp³-hybridized carbons (Fsp3) is 0.958. The van der Waals surface area contributed by atoms with Crippen molar-refractivity contribution in [3.63, 3.8) is 0 Å². The molecule has 0 N–H and O–H groups in total. The van der Waals surface area contributed by atoms with E-state index < -0.39 is 0 Å². The lowest BCUT2D eigenvalue weighted by Gasteiger charge is -2.61. The van der Waals surface area contributed by atoms with Gasteiger partial charge in [-0.3, -0.25) is 0 Å². The Morgan fingerprint density at radius 3 is 2.48 bits per heavy atom. The highest BCUT2D eigenvalue weighted by Gasteiger charge is 2.62. The molecule has 0 aromatic heterocycles. The van der Waals surface area contributed by atoms with Crippen LogP contribution >= 0.6 is 0 Å². The van der Waals surface area contributed by atoms with Gasteiger partial charge in [0.1, 0.15) is 0 Å². The Morgan fingerprint density at radius 1 is 1.00 bits per heavy atom. The Hall–Kier alpha value is -0.660. The molecule has 0 heterocycles. The Bertz CT molecular complexity index is 599. The van der Waals surface area contributed by atoms with Gasteiger partial charge < -0.3 is 4.74 Å². The van der Waals surface area contributed by atoms with E-state index in [1.165, 1.54) is 44.9 Å². The summed E-state index contributed by atoms with van der Waals surface area (Å²) in [4.78, 5) is 14.8. The van der Waals surface area contributed by atoms with E-state index in [0.29, 0.717) is 16.9 Å². The van der Waals surface area contributed by atoms with Gasteiger partial charge in [0.2, 0.25) is 6.08 Å². The number of rotatable bonds is 4. The van der Waals surface area contributed by atoms with Gasteiger partial charge in [0.15, 0.2) is 0 Å². The van der Waals surface area contributed by atoms with E-state index in [4.69, 9.17) is 4.74 Å². The lowest BCUT2D eigenvalue weighted by atomic mass is 9.44. The molecule has 3 heteroatoms. The van der Waals surface area contributed by atoms with Gasteiger partial charge in [-0.25, -0.2) is 9.79 Å². The predicted molar refractivity (Wildman–Crippen MR) is 108 cm³/mol. The van der Waals surface area contributed by atoms with Gasteiger partial charge >= 0.3 is 0 Å².